The van der Waals surface area contributed by atoms with Gasteiger partial charge in [0, 0.05) is 11.1 Å². The van der Waals surface area contributed by atoms with Gasteiger partial charge in [-0.3, -0.25) is 0 Å². The highest BCUT2D eigenvalue weighted by Crippen LogP contribution is 2.39. The fourth-order valence-corrected chi connectivity index (χ4v) is 1.99. The maximum absolute atomic E-state index is 9.88. The van der Waals surface area contributed by atoms with Crippen LogP contribution in [0.1, 0.15) is 50.7 Å². The molecule has 0 saturated heterocycles. The van der Waals surface area contributed by atoms with Crippen molar-refractivity contribution in [1.82, 2.24) is 0 Å². The van der Waals surface area contributed by atoms with E-state index in [1.807, 2.05) is 6.07 Å². The lowest BCUT2D eigenvalue weighted by molar-refractivity contribution is 0.401. The minimum absolute atomic E-state index is 0.303. The van der Waals surface area contributed by atoms with Crippen LogP contribution in [0.4, 0.5) is 0 Å². The minimum Gasteiger partial charge on any atom is -0.508 e. The molecule has 0 saturated carbocycles. The Morgan fingerprint density at radius 3 is 1.93 bits per heavy atom. The molecule has 0 radical (unpaired) electrons. The average Bonchev–Trinajstić information content (AvgIpc) is 2.16. The highest BCUT2D eigenvalue weighted by atomic mass is 16.5. The number of phenolic OH excluding ortho intramolecular Hbond substituents is 1. The number of phenols is 1. The first-order valence-electron chi connectivity index (χ1n) is 5.38. The second kappa shape index (κ2) is 4.56. The molecule has 1 N–H and O–H groups in total. The molecule has 0 unspecified atom stereocenters. The van der Waals surface area contributed by atoms with Crippen molar-refractivity contribution in [3.8, 4) is 11.5 Å². The molecule has 0 aliphatic heterocycles. The van der Waals surface area contributed by atoms with Crippen LogP contribution in [0.5, 0.6) is 11.5 Å². The van der Waals surface area contributed by atoms with Crippen molar-refractivity contribution in [3.05, 3.63) is 23.3 Å². The lowest BCUT2D eigenvalue weighted by atomic mass is 9.89. The van der Waals surface area contributed by atoms with Gasteiger partial charge in [0.25, 0.3) is 0 Å². The van der Waals surface area contributed by atoms with Gasteiger partial charge in [-0.05, 0) is 24.0 Å². The van der Waals surface area contributed by atoms with E-state index in [-0.39, 0.29) is 0 Å². The van der Waals surface area contributed by atoms with Crippen molar-refractivity contribution in [2.45, 2.75) is 39.5 Å². The van der Waals surface area contributed by atoms with Crippen LogP contribution in [0, 0.1) is 0 Å². The smallest absolute Gasteiger partial charge is 0.122 e. The SMILES string of the molecule is COc1ccc(O)c(C(C)C)c1C(C)C. The van der Waals surface area contributed by atoms with Crippen LogP contribution in [0.3, 0.4) is 0 Å². The zero-order valence-electron chi connectivity index (χ0n) is 10.2. The van der Waals surface area contributed by atoms with Crippen molar-refractivity contribution in [2.75, 3.05) is 7.11 Å². The third-order valence-electron chi connectivity index (χ3n) is 2.60. The monoisotopic (exact) mass is 208 g/mol. The summed E-state index contributed by atoms with van der Waals surface area (Å²) in [5.74, 6) is 1.89. The normalized spacial score (nSPS) is 11.1. The van der Waals surface area contributed by atoms with Gasteiger partial charge in [-0.1, -0.05) is 27.7 Å². The molecule has 0 fully saturated rings. The highest BCUT2D eigenvalue weighted by molar-refractivity contribution is 5.51. The lowest BCUT2D eigenvalue weighted by Crippen LogP contribution is -2.02. The second-order valence-corrected chi connectivity index (χ2v) is 4.42. The van der Waals surface area contributed by atoms with Crippen LogP contribution in [-0.2, 0) is 0 Å². The molecule has 0 heterocycles. The quantitative estimate of drug-likeness (QED) is 0.821. The third kappa shape index (κ3) is 2.25. The van der Waals surface area contributed by atoms with E-state index >= 15 is 0 Å². The van der Waals surface area contributed by atoms with E-state index in [2.05, 4.69) is 27.7 Å². The van der Waals surface area contributed by atoms with Gasteiger partial charge < -0.3 is 9.84 Å². The molecule has 84 valence electrons. The summed E-state index contributed by atoms with van der Waals surface area (Å²) in [6, 6.07) is 3.54. The van der Waals surface area contributed by atoms with Crippen molar-refractivity contribution in [1.29, 1.82) is 0 Å². The van der Waals surface area contributed by atoms with E-state index in [0.29, 0.717) is 17.6 Å². The summed E-state index contributed by atoms with van der Waals surface area (Å²) >= 11 is 0. The van der Waals surface area contributed by atoms with Crippen LogP contribution in [0.25, 0.3) is 0 Å². The van der Waals surface area contributed by atoms with Crippen LogP contribution in [0.2, 0.25) is 0 Å². The Hall–Kier alpha value is -1.18. The summed E-state index contributed by atoms with van der Waals surface area (Å²) in [6.07, 6.45) is 0. The molecule has 0 atom stereocenters. The van der Waals surface area contributed by atoms with E-state index in [9.17, 15) is 5.11 Å². The first kappa shape index (κ1) is 11.9. The molecule has 0 spiro atoms. The fraction of sp³-hybridized carbons (Fsp3) is 0.538. The zero-order chi connectivity index (χ0) is 11.6. The number of hydrogen-bond acceptors (Lipinski definition) is 2. The molecule has 1 aromatic carbocycles. The number of hydrogen-bond donors (Lipinski definition) is 1. The first-order chi connectivity index (χ1) is 6.99. The Kier molecular flexibility index (Phi) is 3.61. The maximum Gasteiger partial charge on any atom is 0.122 e. The highest BCUT2D eigenvalue weighted by Gasteiger charge is 2.18. The van der Waals surface area contributed by atoms with E-state index in [0.717, 1.165) is 16.9 Å². The van der Waals surface area contributed by atoms with Crippen molar-refractivity contribution < 1.29 is 9.84 Å². The summed E-state index contributed by atoms with van der Waals surface area (Å²) in [5, 5.41) is 9.88. The summed E-state index contributed by atoms with van der Waals surface area (Å²) < 4.78 is 5.34. The van der Waals surface area contributed by atoms with Crippen LogP contribution < -0.4 is 4.74 Å². The fourth-order valence-electron chi connectivity index (χ4n) is 1.99. The maximum atomic E-state index is 9.88. The van der Waals surface area contributed by atoms with Gasteiger partial charge in [-0.15, -0.1) is 0 Å². The Labute approximate surface area is 91.9 Å². The molecule has 0 bridgehead atoms. The number of ether oxygens (including phenoxy) is 1. The van der Waals surface area contributed by atoms with Crippen molar-refractivity contribution in [3.63, 3.8) is 0 Å². The molecule has 15 heavy (non-hydrogen) atoms. The molecule has 1 rings (SSSR count). The Balaban J connectivity index is 3.44. The van der Waals surface area contributed by atoms with Crippen LogP contribution in [0.15, 0.2) is 12.1 Å². The Bertz CT molecular complexity index is 341. The molecule has 0 aliphatic carbocycles. The third-order valence-corrected chi connectivity index (χ3v) is 2.60. The number of benzene rings is 1. The molecule has 0 aliphatic rings. The minimum atomic E-state index is 0.303. The van der Waals surface area contributed by atoms with E-state index < -0.39 is 0 Å². The number of methoxy groups -OCH3 is 1. The molecule has 2 nitrogen and oxygen atoms in total. The van der Waals surface area contributed by atoms with Gasteiger partial charge in [-0.25, -0.2) is 0 Å². The van der Waals surface area contributed by atoms with E-state index in [1.165, 1.54) is 0 Å². The van der Waals surface area contributed by atoms with Gasteiger partial charge >= 0.3 is 0 Å². The molecule has 0 amide bonds. The van der Waals surface area contributed by atoms with E-state index in [1.54, 1.807) is 13.2 Å². The molecular weight excluding hydrogens is 188 g/mol. The summed E-state index contributed by atoms with van der Waals surface area (Å²) in [5.41, 5.74) is 2.12. The Morgan fingerprint density at radius 1 is 1.00 bits per heavy atom. The largest absolute Gasteiger partial charge is 0.508 e. The predicted molar refractivity (Wildman–Crippen MR) is 62.8 cm³/mol. The molecule has 2 heteroatoms. The van der Waals surface area contributed by atoms with Gasteiger partial charge in [0.2, 0.25) is 0 Å². The van der Waals surface area contributed by atoms with Gasteiger partial charge in [0.15, 0.2) is 0 Å². The average molecular weight is 208 g/mol. The molecule has 0 aromatic heterocycles. The summed E-state index contributed by atoms with van der Waals surface area (Å²) in [4.78, 5) is 0. The van der Waals surface area contributed by atoms with Crippen molar-refractivity contribution >= 4 is 0 Å². The zero-order valence-corrected chi connectivity index (χ0v) is 10.2. The second-order valence-electron chi connectivity index (χ2n) is 4.42. The molecular formula is C13H20O2. The van der Waals surface area contributed by atoms with Gasteiger partial charge in [0.1, 0.15) is 11.5 Å². The predicted octanol–water partition coefficient (Wildman–Crippen LogP) is 3.65. The van der Waals surface area contributed by atoms with Gasteiger partial charge in [0.05, 0.1) is 7.11 Å². The first-order valence-corrected chi connectivity index (χ1v) is 5.38. The van der Waals surface area contributed by atoms with Crippen LogP contribution in [-0.4, -0.2) is 12.2 Å². The summed E-state index contributed by atoms with van der Waals surface area (Å²) in [6.45, 7) is 8.40. The van der Waals surface area contributed by atoms with Crippen molar-refractivity contribution in [2.24, 2.45) is 0 Å². The topological polar surface area (TPSA) is 29.5 Å². The van der Waals surface area contributed by atoms with E-state index in [4.69, 9.17) is 4.74 Å². The number of aromatic hydroxyl groups is 1. The van der Waals surface area contributed by atoms with Gasteiger partial charge in [-0.2, -0.15) is 0 Å². The van der Waals surface area contributed by atoms with Crippen LogP contribution >= 0.6 is 0 Å². The number of rotatable bonds is 3. The molecule has 1 aromatic rings. The summed E-state index contributed by atoms with van der Waals surface area (Å²) in [7, 11) is 1.67. The Morgan fingerprint density at radius 2 is 1.53 bits per heavy atom. The lowest BCUT2D eigenvalue weighted by Gasteiger charge is -2.20. The standard InChI is InChI=1S/C13H20O2/c1-8(2)12-10(14)6-7-11(15-5)13(12)9(3)4/h6-9,14H,1-5H3.